The Kier molecular flexibility index (Phi) is 5.57. The van der Waals surface area contributed by atoms with Crippen molar-refractivity contribution in [3.63, 3.8) is 0 Å². The van der Waals surface area contributed by atoms with E-state index in [2.05, 4.69) is 41.0 Å². The topological polar surface area (TPSA) is 6.48 Å². The van der Waals surface area contributed by atoms with Gasteiger partial charge in [-0.25, -0.2) is 4.39 Å². The van der Waals surface area contributed by atoms with Crippen molar-refractivity contribution in [3.05, 3.63) is 59.9 Å². The Bertz CT molecular complexity index is 604. The van der Waals surface area contributed by atoms with Crippen molar-refractivity contribution >= 4 is 17.4 Å². The Morgan fingerprint density at radius 2 is 1.57 bits per heavy atom. The van der Waals surface area contributed by atoms with E-state index < -0.39 is 0 Å². The second-order valence-electron chi connectivity index (χ2n) is 5.82. The van der Waals surface area contributed by atoms with E-state index in [9.17, 15) is 4.39 Å². The van der Waals surface area contributed by atoms with Gasteiger partial charge in [-0.05, 0) is 47.7 Å². The molecule has 0 saturated carbocycles. The molecular formula is C19H23FN2S. The Balaban J connectivity index is 1.51. The van der Waals surface area contributed by atoms with E-state index in [0.717, 1.165) is 44.2 Å². The van der Waals surface area contributed by atoms with Crippen LogP contribution in [0.2, 0.25) is 0 Å². The van der Waals surface area contributed by atoms with Gasteiger partial charge in [-0.2, -0.15) is 0 Å². The first-order chi connectivity index (χ1) is 11.2. The zero-order valence-corrected chi connectivity index (χ0v) is 14.4. The van der Waals surface area contributed by atoms with Crippen LogP contribution in [0.15, 0.2) is 53.4 Å². The summed E-state index contributed by atoms with van der Waals surface area (Å²) in [7, 11) is 0. The van der Waals surface area contributed by atoms with Gasteiger partial charge in [-0.15, -0.1) is 11.8 Å². The lowest BCUT2D eigenvalue weighted by atomic mass is 10.2. The van der Waals surface area contributed by atoms with Crippen molar-refractivity contribution in [3.8, 4) is 0 Å². The highest BCUT2D eigenvalue weighted by Gasteiger charge is 2.17. The number of piperazine rings is 1. The van der Waals surface area contributed by atoms with Crippen molar-refractivity contribution in [2.75, 3.05) is 36.8 Å². The minimum absolute atomic E-state index is 0.169. The highest BCUT2D eigenvalue weighted by molar-refractivity contribution is 7.99. The molecule has 23 heavy (non-hydrogen) atoms. The molecule has 2 aromatic rings. The van der Waals surface area contributed by atoms with Crippen molar-refractivity contribution in [1.82, 2.24) is 4.90 Å². The number of nitrogens with zero attached hydrogens (tertiary/aromatic N) is 2. The molecule has 0 N–H and O–H groups in total. The molecule has 1 aliphatic rings. The summed E-state index contributed by atoms with van der Waals surface area (Å²) < 4.78 is 13.0. The molecule has 2 aromatic carbocycles. The molecule has 122 valence electrons. The van der Waals surface area contributed by atoms with Gasteiger partial charge in [0.2, 0.25) is 0 Å². The van der Waals surface area contributed by atoms with Crippen molar-refractivity contribution in [2.24, 2.45) is 0 Å². The first-order valence-electron chi connectivity index (χ1n) is 8.19. The number of anilines is 1. The summed E-state index contributed by atoms with van der Waals surface area (Å²) in [5.74, 6) is 0.946. The fourth-order valence-electron chi connectivity index (χ4n) is 2.93. The molecule has 0 radical (unpaired) electrons. The van der Waals surface area contributed by atoms with Crippen LogP contribution in [-0.4, -0.2) is 36.8 Å². The van der Waals surface area contributed by atoms with Crippen molar-refractivity contribution < 1.29 is 4.39 Å². The van der Waals surface area contributed by atoms with Gasteiger partial charge < -0.3 is 4.90 Å². The third kappa shape index (κ3) is 4.49. The van der Waals surface area contributed by atoms with Crippen LogP contribution in [0.3, 0.4) is 0 Å². The summed E-state index contributed by atoms with van der Waals surface area (Å²) in [6, 6.07) is 15.7. The van der Waals surface area contributed by atoms with Gasteiger partial charge in [0.15, 0.2) is 0 Å². The first kappa shape index (κ1) is 16.3. The maximum absolute atomic E-state index is 13.0. The number of thioether (sulfide) groups is 1. The van der Waals surface area contributed by atoms with Gasteiger partial charge in [0, 0.05) is 43.3 Å². The maximum atomic E-state index is 13.0. The maximum Gasteiger partial charge on any atom is 0.123 e. The summed E-state index contributed by atoms with van der Waals surface area (Å²) in [6.07, 6.45) is 0. The summed E-state index contributed by atoms with van der Waals surface area (Å²) in [6.45, 7) is 7.27. The molecule has 4 heteroatoms. The fraction of sp³-hybridized carbons (Fsp3) is 0.368. The highest BCUT2D eigenvalue weighted by Crippen LogP contribution is 2.20. The van der Waals surface area contributed by atoms with Gasteiger partial charge in [0.25, 0.3) is 0 Å². The highest BCUT2D eigenvalue weighted by atomic mass is 32.2. The Hall–Kier alpha value is -1.52. The average Bonchev–Trinajstić information content (AvgIpc) is 2.58. The van der Waals surface area contributed by atoms with Gasteiger partial charge in [0.05, 0.1) is 0 Å². The molecule has 1 aliphatic heterocycles. The predicted molar refractivity (Wildman–Crippen MR) is 96.7 cm³/mol. The standard InChI is InChI=1S/C19H23FN2S/c1-2-23-19-9-3-16(4-10-19)15-21-11-13-22(14-12-21)18-7-5-17(20)6-8-18/h3-10H,2,11-15H2,1H3. The van der Waals surface area contributed by atoms with Crippen LogP contribution in [0, 0.1) is 5.82 Å². The monoisotopic (exact) mass is 330 g/mol. The molecule has 0 amide bonds. The number of halogens is 1. The minimum atomic E-state index is -0.169. The fourth-order valence-corrected chi connectivity index (χ4v) is 3.59. The van der Waals surface area contributed by atoms with Crippen LogP contribution in [0.1, 0.15) is 12.5 Å². The van der Waals surface area contributed by atoms with Crippen molar-refractivity contribution in [1.29, 1.82) is 0 Å². The predicted octanol–water partition coefficient (Wildman–Crippen LogP) is 4.26. The molecule has 0 bridgehead atoms. The second kappa shape index (κ2) is 7.84. The zero-order valence-electron chi connectivity index (χ0n) is 13.5. The number of rotatable bonds is 5. The van der Waals surface area contributed by atoms with Crippen LogP contribution in [0.5, 0.6) is 0 Å². The molecule has 1 saturated heterocycles. The molecule has 2 nitrogen and oxygen atoms in total. The van der Waals surface area contributed by atoms with Gasteiger partial charge in [-0.3, -0.25) is 4.90 Å². The van der Waals surface area contributed by atoms with E-state index >= 15 is 0 Å². The van der Waals surface area contributed by atoms with Crippen LogP contribution in [-0.2, 0) is 6.54 Å². The number of hydrogen-bond donors (Lipinski definition) is 0. The summed E-state index contributed by atoms with van der Waals surface area (Å²) in [5.41, 5.74) is 2.49. The van der Waals surface area contributed by atoms with E-state index in [4.69, 9.17) is 0 Å². The normalized spacial score (nSPS) is 15.8. The number of benzene rings is 2. The van der Waals surface area contributed by atoms with Gasteiger partial charge >= 0.3 is 0 Å². The van der Waals surface area contributed by atoms with Gasteiger partial charge in [-0.1, -0.05) is 19.1 Å². The minimum Gasteiger partial charge on any atom is -0.369 e. The molecule has 0 atom stereocenters. The molecule has 1 heterocycles. The summed E-state index contributed by atoms with van der Waals surface area (Å²) >= 11 is 1.88. The van der Waals surface area contributed by atoms with Crippen LogP contribution in [0.4, 0.5) is 10.1 Å². The van der Waals surface area contributed by atoms with E-state index in [1.807, 2.05) is 23.9 Å². The lowest BCUT2D eigenvalue weighted by Gasteiger charge is -2.36. The summed E-state index contributed by atoms with van der Waals surface area (Å²) in [5, 5.41) is 0. The molecule has 3 rings (SSSR count). The third-order valence-electron chi connectivity index (χ3n) is 4.20. The lowest BCUT2D eigenvalue weighted by molar-refractivity contribution is 0.250. The average molecular weight is 330 g/mol. The largest absolute Gasteiger partial charge is 0.369 e. The van der Waals surface area contributed by atoms with Gasteiger partial charge in [0.1, 0.15) is 5.82 Å². The quantitative estimate of drug-likeness (QED) is 0.756. The third-order valence-corrected chi connectivity index (χ3v) is 5.10. The lowest BCUT2D eigenvalue weighted by Crippen LogP contribution is -2.45. The molecule has 1 fully saturated rings. The Morgan fingerprint density at radius 1 is 0.913 bits per heavy atom. The van der Waals surface area contributed by atoms with E-state index in [0.29, 0.717) is 0 Å². The Labute approximate surface area is 142 Å². The SMILES string of the molecule is CCSc1ccc(CN2CCN(c3ccc(F)cc3)CC2)cc1. The second-order valence-corrected chi connectivity index (χ2v) is 7.15. The smallest absolute Gasteiger partial charge is 0.123 e. The molecule has 0 aliphatic carbocycles. The first-order valence-corrected chi connectivity index (χ1v) is 9.18. The molecule has 0 unspecified atom stereocenters. The molecular weight excluding hydrogens is 307 g/mol. The van der Waals surface area contributed by atoms with E-state index in [1.165, 1.54) is 22.6 Å². The van der Waals surface area contributed by atoms with E-state index in [-0.39, 0.29) is 5.82 Å². The Morgan fingerprint density at radius 3 is 2.17 bits per heavy atom. The molecule has 0 aromatic heterocycles. The zero-order chi connectivity index (χ0) is 16.1. The molecule has 0 spiro atoms. The van der Waals surface area contributed by atoms with Crippen LogP contribution in [0.25, 0.3) is 0 Å². The number of hydrogen-bond acceptors (Lipinski definition) is 3. The van der Waals surface area contributed by atoms with Crippen LogP contribution >= 0.6 is 11.8 Å². The van der Waals surface area contributed by atoms with E-state index in [1.54, 1.807) is 0 Å². The van der Waals surface area contributed by atoms with Crippen molar-refractivity contribution in [2.45, 2.75) is 18.4 Å². The van der Waals surface area contributed by atoms with Crippen LogP contribution < -0.4 is 4.90 Å². The summed E-state index contributed by atoms with van der Waals surface area (Å²) in [4.78, 5) is 6.16.